The first-order chi connectivity index (χ1) is 8.18. The minimum atomic E-state index is -0.313. The number of aromatic hydroxyl groups is 1. The highest BCUT2D eigenvalue weighted by atomic mass is 127. The summed E-state index contributed by atoms with van der Waals surface area (Å²) in [6, 6.07) is 13.9. The highest BCUT2D eigenvalue weighted by Crippen LogP contribution is 2.20. The topological polar surface area (TPSA) is 49.3 Å². The molecular weight excluding hydrogens is 329 g/mol. The lowest BCUT2D eigenvalue weighted by atomic mass is 10.2. The van der Waals surface area contributed by atoms with Crippen molar-refractivity contribution in [1.82, 2.24) is 0 Å². The fourth-order valence-electron chi connectivity index (χ4n) is 1.42. The molecule has 4 heteroatoms. The van der Waals surface area contributed by atoms with Crippen molar-refractivity contribution in [3.63, 3.8) is 0 Å². The molecule has 2 aromatic carbocycles. The zero-order chi connectivity index (χ0) is 12.3. The number of carbonyl (C=O) groups excluding carboxylic acids is 1. The lowest BCUT2D eigenvalue weighted by Gasteiger charge is -2.08. The molecule has 2 rings (SSSR count). The van der Waals surface area contributed by atoms with E-state index in [0.29, 0.717) is 0 Å². The van der Waals surface area contributed by atoms with Crippen molar-refractivity contribution >= 4 is 34.2 Å². The van der Waals surface area contributed by atoms with Gasteiger partial charge in [-0.25, -0.2) is 0 Å². The van der Waals surface area contributed by atoms with Crippen LogP contribution in [0.15, 0.2) is 48.5 Å². The molecule has 86 valence electrons. The third-order valence-electron chi connectivity index (χ3n) is 2.27. The van der Waals surface area contributed by atoms with Crippen LogP contribution in [0.25, 0.3) is 0 Å². The van der Waals surface area contributed by atoms with E-state index in [4.69, 9.17) is 0 Å². The van der Waals surface area contributed by atoms with Gasteiger partial charge >= 0.3 is 0 Å². The van der Waals surface area contributed by atoms with E-state index in [9.17, 15) is 9.90 Å². The molecule has 2 N–H and O–H groups in total. The molecule has 0 unspecified atom stereocenters. The summed E-state index contributed by atoms with van der Waals surface area (Å²) in [5.41, 5.74) is 1.01. The smallest absolute Gasteiger partial charge is 0.259 e. The molecule has 0 saturated heterocycles. The van der Waals surface area contributed by atoms with E-state index in [1.165, 1.54) is 6.07 Å². The van der Waals surface area contributed by atoms with Gasteiger partial charge < -0.3 is 10.4 Å². The number of anilines is 1. The number of phenolic OH excluding ortho intramolecular Hbond substituents is 1. The summed E-state index contributed by atoms with van der Waals surface area (Å²) >= 11 is 2.14. The van der Waals surface area contributed by atoms with Crippen LogP contribution in [0, 0.1) is 3.57 Å². The van der Waals surface area contributed by atoms with Crippen molar-refractivity contribution in [2.24, 2.45) is 0 Å². The van der Waals surface area contributed by atoms with Gasteiger partial charge in [-0.2, -0.15) is 0 Å². The maximum absolute atomic E-state index is 11.9. The molecule has 3 nitrogen and oxygen atoms in total. The van der Waals surface area contributed by atoms with Crippen molar-refractivity contribution in [2.45, 2.75) is 0 Å². The number of halogens is 1. The Morgan fingerprint density at radius 3 is 2.41 bits per heavy atom. The average molecular weight is 339 g/mol. The molecule has 0 aromatic heterocycles. The molecule has 2 aromatic rings. The quantitative estimate of drug-likeness (QED) is 0.826. The predicted molar refractivity (Wildman–Crippen MR) is 75.2 cm³/mol. The van der Waals surface area contributed by atoms with Crippen LogP contribution in [0.5, 0.6) is 5.75 Å². The summed E-state index contributed by atoms with van der Waals surface area (Å²) in [5.74, 6) is -0.330. The van der Waals surface area contributed by atoms with Crippen LogP contribution in [-0.4, -0.2) is 11.0 Å². The molecule has 0 spiro atoms. The Balaban J connectivity index is 2.24. The number of hydrogen-bond donors (Lipinski definition) is 2. The second-order valence-electron chi connectivity index (χ2n) is 3.45. The molecule has 0 aliphatic carbocycles. The summed E-state index contributed by atoms with van der Waals surface area (Å²) in [4.78, 5) is 11.9. The van der Waals surface area contributed by atoms with Crippen LogP contribution in [-0.2, 0) is 0 Å². The maximum atomic E-state index is 11.9. The Bertz CT molecular complexity index is 555. The molecule has 1 amide bonds. The highest BCUT2D eigenvalue weighted by molar-refractivity contribution is 14.1. The number of para-hydroxylation sites is 2. The zero-order valence-corrected chi connectivity index (χ0v) is 11.0. The van der Waals surface area contributed by atoms with Crippen LogP contribution in [0.2, 0.25) is 0 Å². The standard InChI is InChI=1S/C13H10INO2/c14-10-6-2-3-7-11(10)15-13(17)9-5-1-4-8-12(9)16/h1-8,16H,(H,15,17). The van der Waals surface area contributed by atoms with Gasteiger partial charge in [0.15, 0.2) is 0 Å². The Labute approximate surface area is 113 Å². The van der Waals surface area contributed by atoms with Gasteiger partial charge in [-0.05, 0) is 46.9 Å². The van der Waals surface area contributed by atoms with Crippen LogP contribution in [0.4, 0.5) is 5.69 Å². The minimum absolute atomic E-state index is 0.0176. The van der Waals surface area contributed by atoms with Crippen LogP contribution >= 0.6 is 22.6 Å². The first-order valence-electron chi connectivity index (χ1n) is 5.02. The molecule has 0 heterocycles. The predicted octanol–water partition coefficient (Wildman–Crippen LogP) is 3.25. The first kappa shape index (κ1) is 11.9. The number of amides is 1. The van der Waals surface area contributed by atoms with Crippen LogP contribution < -0.4 is 5.32 Å². The number of nitrogens with one attached hydrogen (secondary N) is 1. The second kappa shape index (κ2) is 5.18. The molecule has 0 bridgehead atoms. The van der Waals surface area contributed by atoms with Gasteiger partial charge in [-0.3, -0.25) is 4.79 Å². The summed E-state index contributed by atoms with van der Waals surface area (Å²) in [5, 5.41) is 12.3. The van der Waals surface area contributed by atoms with Gasteiger partial charge in [-0.1, -0.05) is 24.3 Å². The molecule has 0 saturated carbocycles. The van der Waals surface area contributed by atoms with E-state index in [2.05, 4.69) is 27.9 Å². The minimum Gasteiger partial charge on any atom is -0.507 e. The monoisotopic (exact) mass is 339 g/mol. The third kappa shape index (κ3) is 2.76. The van der Waals surface area contributed by atoms with Crippen LogP contribution in [0.3, 0.4) is 0 Å². The van der Waals surface area contributed by atoms with Crippen molar-refractivity contribution < 1.29 is 9.90 Å². The SMILES string of the molecule is O=C(Nc1ccccc1I)c1ccccc1O. The maximum Gasteiger partial charge on any atom is 0.259 e. The Kier molecular flexibility index (Phi) is 3.63. The molecule has 0 radical (unpaired) electrons. The van der Waals surface area contributed by atoms with E-state index in [1.54, 1.807) is 18.2 Å². The highest BCUT2D eigenvalue weighted by Gasteiger charge is 2.11. The molecule has 0 fully saturated rings. The number of hydrogen-bond acceptors (Lipinski definition) is 2. The number of rotatable bonds is 2. The van der Waals surface area contributed by atoms with Crippen molar-refractivity contribution in [2.75, 3.05) is 5.32 Å². The van der Waals surface area contributed by atoms with Gasteiger partial charge in [0.1, 0.15) is 5.75 Å². The largest absolute Gasteiger partial charge is 0.507 e. The Hall–Kier alpha value is -1.56. The van der Waals surface area contributed by atoms with Gasteiger partial charge in [0, 0.05) is 3.57 Å². The van der Waals surface area contributed by atoms with E-state index >= 15 is 0 Å². The van der Waals surface area contributed by atoms with Gasteiger partial charge in [-0.15, -0.1) is 0 Å². The molecular formula is C13H10INO2. The van der Waals surface area contributed by atoms with Crippen molar-refractivity contribution in [1.29, 1.82) is 0 Å². The number of phenols is 1. The Morgan fingerprint density at radius 2 is 1.71 bits per heavy atom. The summed E-state index contributed by atoms with van der Waals surface area (Å²) in [6.07, 6.45) is 0. The fraction of sp³-hybridized carbons (Fsp3) is 0. The van der Waals surface area contributed by atoms with E-state index in [0.717, 1.165) is 9.26 Å². The lowest BCUT2D eigenvalue weighted by molar-refractivity contribution is 0.102. The molecule has 0 aliphatic rings. The normalized spacial score (nSPS) is 9.94. The lowest BCUT2D eigenvalue weighted by Crippen LogP contribution is -2.12. The van der Waals surface area contributed by atoms with Crippen molar-refractivity contribution in [3.8, 4) is 5.75 Å². The number of carbonyl (C=O) groups is 1. The third-order valence-corrected chi connectivity index (χ3v) is 3.21. The van der Waals surface area contributed by atoms with E-state index < -0.39 is 0 Å². The van der Waals surface area contributed by atoms with Crippen LogP contribution in [0.1, 0.15) is 10.4 Å². The van der Waals surface area contributed by atoms with Crippen molar-refractivity contribution in [3.05, 3.63) is 57.7 Å². The summed E-state index contributed by atoms with van der Waals surface area (Å²) in [6.45, 7) is 0. The summed E-state index contributed by atoms with van der Waals surface area (Å²) < 4.78 is 0.953. The average Bonchev–Trinajstić information content (AvgIpc) is 2.32. The molecule has 0 aliphatic heterocycles. The number of benzene rings is 2. The van der Waals surface area contributed by atoms with Gasteiger partial charge in [0.25, 0.3) is 5.91 Å². The fourth-order valence-corrected chi connectivity index (χ4v) is 1.94. The second-order valence-corrected chi connectivity index (χ2v) is 4.61. The zero-order valence-electron chi connectivity index (χ0n) is 8.85. The van der Waals surface area contributed by atoms with Gasteiger partial charge in [0.05, 0.1) is 11.3 Å². The summed E-state index contributed by atoms with van der Waals surface area (Å²) in [7, 11) is 0. The van der Waals surface area contributed by atoms with E-state index in [1.807, 2.05) is 24.3 Å². The molecule has 0 atom stereocenters. The van der Waals surface area contributed by atoms with E-state index in [-0.39, 0.29) is 17.2 Å². The first-order valence-corrected chi connectivity index (χ1v) is 6.10. The van der Waals surface area contributed by atoms with Gasteiger partial charge in [0.2, 0.25) is 0 Å². The molecule has 17 heavy (non-hydrogen) atoms. The Morgan fingerprint density at radius 1 is 1.06 bits per heavy atom.